The van der Waals surface area contributed by atoms with Gasteiger partial charge >= 0.3 is 0 Å². The highest BCUT2D eigenvalue weighted by atomic mass is 16.2. The van der Waals surface area contributed by atoms with Crippen LogP contribution >= 0.6 is 0 Å². The third-order valence-electron chi connectivity index (χ3n) is 3.83. The highest BCUT2D eigenvalue weighted by Crippen LogP contribution is 2.31. The lowest BCUT2D eigenvalue weighted by Gasteiger charge is -2.23. The van der Waals surface area contributed by atoms with E-state index in [1.807, 2.05) is 7.05 Å². The van der Waals surface area contributed by atoms with Gasteiger partial charge in [-0.25, -0.2) is 4.98 Å². The minimum Gasteiger partial charge on any atom is -0.341 e. The van der Waals surface area contributed by atoms with Crippen molar-refractivity contribution in [3.63, 3.8) is 0 Å². The highest BCUT2D eigenvalue weighted by Gasteiger charge is 2.47. The first kappa shape index (κ1) is 11.1. The molecule has 0 N–H and O–H groups in total. The Labute approximate surface area is 105 Å². The number of carbonyl (C=O) groups is 2. The van der Waals surface area contributed by atoms with Gasteiger partial charge in [0.2, 0.25) is 5.91 Å². The average Bonchev–Trinajstić information content (AvgIpc) is 2.92. The minimum absolute atomic E-state index is 0.00277. The van der Waals surface area contributed by atoms with E-state index < -0.39 is 0 Å². The fourth-order valence-corrected chi connectivity index (χ4v) is 2.85. The number of carbonyl (C=O) groups excluding carboxylic acids is 2. The van der Waals surface area contributed by atoms with Gasteiger partial charge < -0.3 is 9.80 Å². The molecule has 0 spiro atoms. The van der Waals surface area contributed by atoms with Crippen LogP contribution < -0.4 is 0 Å². The number of fused-ring (bicyclic) bond motifs is 1. The molecule has 2 aliphatic heterocycles. The van der Waals surface area contributed by atoms with Crippen LogP contribution in [0.1, 0.15) is 23.3 Å². The molecule has 94 valence electrons. The van der Waals surface area contributed by atoms with Crippen LogP contribution in [0.15, 0.2) is 18.6 Å². The summed E-state index contributed by atoms with van der Waals surface area (Å²) in [6.07, 6.45) is 5.78. The molecule has 0 aromatic carbocycles. The van der Waals surface area contributed by atoms with Crippen LogP contribution in [-0.2, 0) is 4.79 Å². The van der Waals surface area contributed by atoms with E-state index >= 15 is 0 Å². The van der Waals surface area contributed by atoms with Gasteiger partial charge in [0.15, 0.2) is 0 Å². The largest absolute Gasteiger partial charge is 0.341 e. The maximum absolute atomic E-state index is 12.3. The lowest BCUT2D eigenvalue weighted by Crippen LogP contribution is -2.39. The number of amides is 2. The van der Waals surface area contributed by atoms with Gasteiger partial charge in [-0.1, -0.05) is 0 Å². The Morgan fingerprint density at radius 1 is 1.39 bits per heavy atom. The summed E-state index contributed by atoms with van der Waals surface area (Å²) in [6, 6.07) is 0.162. The molecule has 2 atom stereocenters. The van der Waals surface area contributed by atoms with Crippen LogP contribution in [0.4, 0.5) is 0 Å². The SMILES string of the molecule is CN1C(=O)C[C@H]2[C@@H]1CCN2C(=O)c1cnccn1. The Balaban J connectivity index is 1.83. The molecule has 0 saturated carbocycles. The first-order valence-electron chi connectivity index (χ1n) is 6.01. The fourth-order valence-electron chi connectivity index (χ4n) is 2.85. The van der Waals surface area contributed by atoms with E-state index in [2.05, 4.69) is 9.97 Å². The van der Waals surface area contributed by atoms with Crippen LogP contribution in [0.5, 0.6) is 0 Å². The monoisotopic (exact) mass is 246 g/mol. The summed E-state index contributed by atoms with van der Waals surface area (Å²) in [5, 5.41) is 0. The van der Waals surface area contributed by atoms with E-state index in [4.69, 9.17) is 0 Å². The van der Waals surface area contributed by atoms with Gasteiger partial charge in [0.25, 0.3) is 5.91 Å². The molecule has 2 aliphatic rings. The fraction of sp³-hybridized carbons (Fsp3) is 0.500. The summed E-state index contributed by atoms with van der Waals surface area (Å²) < 4.78 is 0. The molecular weight excluding hydrogens is 232 g/mol. The van der Waals surface area contributed by atoms with Gasteiger partial charge in [-0.05, 0) is 6.42 Å². The summed E-state index contributed by atoms with van der Waals surface area (Å²) in [6.45, 7) is 0.683. The Morgan fingerprint density at radius 3 is 2.94 bits per heavy atom. The normalized spacial score (nSPS) is 26.6. The molecule has 6 nitrogen and oxygen atoms in total. The Morgan fingerprint density at radius 2 is 2.22 bits per heavy atom. The number of hydrogen-bond acceptors (Lipinski definition) is 4. The quantitative estimate of drug-likeness (QED) is 0.695. The molecular formula is C12H14N4O2. The number of likely N-dealkylation sites (tertiary alicyclic amines) is 2. The Bertz CT molecular complexity index is 490. The van der Waals surface area contributed by atoms with Crippen molar-refractivity contribution in [3.8, 4) is 0 Å². The molecule has 2 fully saturated rings. The predicted octanol–water partition coefficient (Wildman–Crippen LogP) is -0.0782. The molecule has 2 amide bonds. The molecule has 0 bridgehead atoms. The van der Waals surface area contributed by atoms with Gasteiger partial charge in [0, 0.05) is 32.4 Å². The molecule has 3 rings (SSSR count). The van der Waals surface area contributed by atoms with E-state index in [1.54, 1.807) is 9.80 Å². The Hall–Kier alpha value is -1.98. The maximum Gasteiger partial charge on any atom is 0.274 e. The Kier molecular flexibility index (Phi) is 2.50. The smallest absolute Gasteiger partial charge is 0.274 e. The first-order chi connectivity index (χ1) is 8.68. The van der Waals surface area contributed by atoms with Gasteiger partial charge in [-0.15, -0.1) is 0 Å². The minimum atomic E-state index is -0.126. The van der Waals surface area contributed by atoms with Crippen molar-refractivity contribution in [2.24, 2.45) is 0 Å². The summed E-state index contributed by atoms with van der Waals surface area (Å²) in [4.78, 5) is 35.4. The van der Waals surface area contributed by atoms with E-state index in [0.29, 0.717) is 18.7 Å². The number of rotatable bonds is 1. The lowest BCUT2D eigenvalue weighted by molar-refractivity contribution is -0.127. The third-order valence-corrected chi connectivity index (χ3v) is 3.83. The second kappa shape index (κ2) is 4.04. The van der Waals surface area contributed by atoms with Crippen molar-refractivity contribution < 1.29 is 9.59 Å². The predicted molar refractivity (Wildman–Crippen MR) is 62.6 cm³/mol. The van der Waals surface area contributed by atoms with E-state index in [0.717, 1.165) is 6.42 Å². The summed E-state index contributed by atoms with van der Waals surface area (Å²) in [5.74, 6) is -0.0136. The maximum atomic E-state index is 12.3. The van der Waals surface area contributed by atoms with E-state index in [-0.39, 0.29) is 23.9 Å². The molecule has 0 aliphatic carbocycles. The van der Waals surface area contributed by atoms with Gasteiger partial charge in [0.05, 0.1) is 18.3 Å². The zero-order valence-corrected chi connectivity index (χ0v) is 10.1. The van der Waals surface area contributed by atoms with Crippen LogP contribution in [0.25, 0.3) is 0 Å². The second-order valence-corrected chi connectivity index (χ2v) is 4.72. The standard InChI is InChI=1S/C12H14N4O2/c1-15-9-2-5-16(10(9)6-11(15)17)12(18)8-7-13-3-4-14-8/h3-4,7,9-10H,2,5-6H2,1H3/t9-,10-/m0/s1. The molecule has 0 unspecified atom stereocenters. The van der Waals surface area contributed by atoms with Gasteiger partial charge in [0.1, 0.15) is 5.69 Å². The van der Waals surface area contributed by atoms with Crippen LogP contribution in [0.3, 0.4) is 0 Å². The molecule has 0 radical (unpaired) electrons. The first-order valence-corrected chi connectivity index (χ1v) is 6.01. The van der Waals surface area contributed by atoms with E-state index in [9.17, 15) is 9.59 Å². The third kappa shape index (κ3) is 1.56. The molecule has 3 heterocycles. The van der Waals surface area contributed by atoms with Crippen LogP contribution in [0, 0.1) is 0 Å². The van der Waals surface area contributed by atoms with Crippen molar-refractivity contribution in [1.29, 1.82) is 0 Å². The van der Waals surface area contributed by atoms with Crippen molar-refractivity contribution in [1.82, 2.24) is 19.8 Å². The second-order valence-electron chi connectivity index (χ2n) is 4.72. The van der Waals surface area contributed by atoms with Crippen LogP contribution in [0.2, 0.25) is 0 Å². The number of nitrogens with zero attached hydrogens (tertiary/aromatic N) is 4. The van der Waals surface area contributed by atoms with Gasteiger partial charge in [-0.3, -0.25) is 14.6 Å². The highest BCUT2D eigenvalue weighted by molar-refractivity contribution is 5.93. The summed E-state index contributed by atoms with van der Waals surface area (Å²) in [5.41, 5.74) is 0.347. The van der Waals surface area contributed by atoms with E-state index in [1.165, 1.54) is 18.6 Å². The van der Waals surface area contributed by atoms with Crippen LogP contribution in [-0.4, -0.2) is 57.3 Å². The van der Waals surface area contributed by atoms with Crippen molar-refractivity contribution in [2.75, 3.05) is 13.6 Å². The van der Waals surface area contributed by atoms with Crippen molar-refractivity contribution in [2.45, 2.75) is 24.9 Å². The molecule has 1 aromatic rings. The molecule has 1 aromatic heterocycles. The summed E-state index contributed by atoms with van der Waals surface area (Å²) in [7, 11) is 1.81. The number of likely N-dealkylation sites (N-methyl/N-ethyl adjacent to an activating group) is 1. The lowest BCUT2D eigenvalue weighted by atomic mass is 10.1. The van der Waals surface area contributed by atoms with Crippen molar-refractivity contribution in [3.05, 3.63) is 24.3 Å². The number of hydrogen-bond donors (Lipinski definition) is 0. The van der Waals surface area contributed by atoms with Gasteiger partial charge in [-0.2, -0.15) is 0 Å². The zero-order chi connectivity index (χ0) is 12.7. The molecule has 18 heavy (non-hydrogen) atoms. The topological polar surface area (TPSA) is 66.4 Å². The average molecular weight is 246 g/mol. The van der Waals surface area contributed by atoms with Crippen molar-refractivity contribution >= 4 is 11.8 Å². The summed E-state index contributed by atoms with van der Waals surface area (Å²) >= 11 is 0. The molecule has 2 saturated heterocycles. The number of aromatic nitrogens is 2. The zero-order valence-electron chi connectivity index (χ0n) is 10.1. The molecule has 6 heteroatoms.